The van der Waals surface area contributed by atoms with Crippen molar-refractivity contribution in [2.45, 2.75) is 24.8 Å². The average molecular weight is 297 g/mol. The fourth-order valence-corrected chi connectivity index (χ4v) is 2.36. The second-order valence-electron chi connectivity index (χ2n) is 4.49. The molecule has 1 aromatic rings. The highest BCUT2D eigenvalue weighted by Crippen LogP contribution is 2.46. The molecule has 4 heteroatoms. The maximum absolute atomic E-state index is 11.8. The van der Waals surface area contributed by atoms with Crippen LogP contribution in [-0.4, -0.2) is 19.5 Å². The number of nitrogens with one attached hydrogen (secondary N) is 2. The van der Waals surface area contributed by atoms with Crippen molar-refractivity contribution >= 4 is 21.8 Å². The number of carbonyl (C=O) groups is 1. The van der Waals surface area contributed by atoms with Crippen molar-refractivity contribution in [3.63, 3.8) is 0 Å². The van der Waals surface area contributed by atoms with Crippen LogP contribution >= 0.6 is 15.9 Å². The maximum atomic E-state index is 11.8. The lowest BCUT2D eigenvalue weighted by molar-refractivity contribution is -0.122. The average Bonchev–Trinajstić information content (AvgIpc) is 3.07. The molecule has 2 rings (SSSR count). The standard InChI is InChI=1S/C13H17BrN2O/c1-15-8-5-12(17)16-13(6-7-13)10-3-2-4-11(14)9-10/h2-4,9,15H,5-8H2,1H3,(H,16,17). The van der Waals surface area contributed by atoms with Gasteiger partial charge >= 0.3 is 0 Å². The lowest BCUT2D eigenvalue weighted by Crippen LogP contribution is -2.36. The van der Waals surface area contributed by atoms with Crippen LogP contribution in [0.1, 0.15) is 24.8 Å². The summed E-state index contributed by atoms with van der Waals surface area (Å²) in [5.41, 5.74) is 1.10. The van der Waals surface area contributed by atoms with Gasteiger partial charge in [0.05, 0.1) is 5.54 Å². The summed E-state index contributed by atoms with van der Waals surface area (Å²) in [6.45, 7) is 0.723. The molecular formula is C13H17BrN2O. The van der Waals surface area contributed by atoms with Crippen molar-refractivity contribution in [1.82, 2.24) is 10.6 Å². The van der Waals surface area contributed by atoms with Crippen LogP contribution < -0.4 is 10.6 Å². The summed E-state index contributed by atoms with van der Waals surface area (Å²) in [4.78, 5) is 11.8. The molecule has 1 aliphatic rings. The van der Waals surface area contributed by atoms with Gasteiger partial charge in [-0.1, -0.05) is 28.1 Å². The van der Waals surface area contributed by atoms with Gasteiger partial charge in [0.15, 0.2) is 0 Å². The second-order valence-corrected chi connectivity index (χ2v) is 5.41. The molecule has 1 aliphatic carbocycles. The number of hydrogen-bond donors (Lipinski definition) is 2. The zero-order chi connectivity index (χ0) is 12.3. The molecule has 0 atom stereocenters. The Morgan fingerprint density at radius 2 is 2.24 bits per heavy atom. The molecule has 3 nitrogen and oxygen atoms in total. The predicted molar refractivity (Wildman–Crippen MR) is 71.7 cm³/mol. The largest absolute Gasteiger partial charge is 0.347 e. The monoisotopic (exact) mass is 296 g/mol. The van der Waals surface area contributed by atoms with E-state index in [-0.39, 0.29) is 11.4 Å². The molecule has 92 valence electrons. The molecule has 1 fully saturated rings. The first kappa shape index (κ1) is 12.6. The Balaban J connectivity index is 2.02. The highest BCUT2D eigenvalue weighted by atomic mass is 79.9. The van der Waals surface area contributed by atoms with Crippen LogP contribution in [0.5, 0.6) is 0 Å². The molecule has 1 aromatic carbocycles. The van der Waals surface area contributed by atoms with Crippen LogP contribution in [0.2, 0.25) is 0 Å². The minimum atomic E-state index is -0.103. The first-order valence-corrected chi connectivity index (χ1v) is 6.67. The number of benzene rings is 1. The van der Waals surface area contributed by atoms with Crippen LogP contribution in [0.15, 0.2) is 28.7 Å². The highest BCUT2D eigenvalue weighted by Gasteiger charge is 2.45. The first-order chi connectivity index (χ1) is 8.16. The van der Waals surface area contributed by atoms with Crippen molar-refractivity contribution in [2.24, 2.45) is 0 Å². The summed E-state index contributed by atoms with van der Waals surface area (Å²) in [5.74, 6) is 0.122. The van der Waals surface area contributed by atoms with Gasteiger partial charge in [-0.2, -0.15) is 0 Å². The van der Waals surface area contributed by atoms with Gasteiger partial charge in [0, 0.05) is 17.4 Å². The number of amides is 1. The SMILES string of the molecule is CNCCC(=O)NC1(c2cccc(Br)c2)CC1. The smallest absolute Gasteiger partial charge is 0.221 e. The van der Waals surface area contributed by atoms with E-state index in [9.17, 15) is 4.79 Å². The highest BCUT2D eigenvalue weighted by molar-refractivity contribution is 9.10. The van der Waals surface area contributed by atoms with E-state index in [1.54, 1.807) is 0 Å². The van der Waals surface area contributed by atoms with Gasteiger partial charge < -0.3 is 10.6 Å². The molecule has 0 heterocycles. The predicted octanol–water partition coefficient (Wildman–Crippen LogP) is 2.16. The fraction of sp³-hybridized carbons (Fsp3) is 0.462. The van der Waals surface area contributed by atoms with Crippen molar-refractivity contribution in [3.05, 3.63) is 34.3 Å². The molecule has 0 spiro atoms. The van der Waals surface area contributed by atoms with Gasteiger partial charge in [-0.3, -0.25) is 4.79 Å². The molecule has 2 N–H and O–H groups in total. The number of halogens is 1. The third-order valence-electron chi connectivity index (χ3n) is 3.11. The van der Waals surface area contributed by atoms with Gasteiger partial charge in [-0.05, 0) is 37.6 Å². The summed E-state index contributed by atoms with van der Waals surface area (Å²) in [5, 5.41) is 6.13. The topological polar surface area (TPSA) is 41.1 Å². The molecule has 0 aliphatic heterocycles. The Kier molecular flexibility index (Phi) is 3.84. The summed E-state index contributed by atoms with van der Waals surface area (Å²) < 4.78 is 1.06. The van der Waals surface area contributed by atoms with Gasteiger partial charge in [0.2, 0.25) is 5.91 Å². The minimum Gasteiger partial charge on any atom is -0.347 e. The van der Waals surface area contributed by atoms with E-state index in [1.807, 2.05) is 19.2 Å². The molecule has 0 aromatic heterocycles. The normalized spacial score (nSPS) is 16.6. The lowest BCUT2D eigenvalue weighted by Gasteiger charge is -2.18. The molecule has 0 bridgehead atoms. The fourth-order valence-electron chi connectivity index (χ4n) is 1.96. The minimum absolute atomic E-state index is 0.103. The van der Waals surface area contributed by atoms with E-state index in [0.717, 1.165) is 23.9 Å². The van der Waals surface area contributed by atoms with Gasteiger partial charge in [0.1, 0.15) is 0 Å². The molecule has 0 saturated heterocycles. The second kappa shape index (κ2) is 5.19. The molecule has 1 amide bonds. The van der Waals surface area contributed by atoms with E-state index in [1.165, 1.54) is 5.56 Å². The van der Waals surface area contributed by atoms with E-state index in [0.29, 0.717) is 6.42 Å². The van der Waals surface area contributed by atoms with Crippen LogP contribution in [0, 0.1) is 0 Å². The summed E-state index contributed by atoms with van der Waals surface area (Å²) in [6, 6.07) is 8.18. The zero-order valence-electron chi connectivity index (χ0n) is 9.92. The van der Waals surface area contributed by atoms with Crippen molar-refractivity contribution in [1.29, 1.82) is 0 Å². The van der Waals surface area contributed by atoms with Crippen molar-refractivity contribution < 1.29 is 4.79 Å². The third kappa shape index (κ3) is 3.07. The molecule has 0 radical (unpaired) electrons. The Morgan fingerprint density at radius 3 is 2.82 bits per heavy atom. The Hall–Kier alpha value is -0.870. The summed E-state index contributed by atoms with van der Waals surface area (Å²) in [7, 11) is 1.86. The van der Waals surface area contributed by atoms with Crippen molar-refractivity contribution in [3.8, 4) is 0 Å². The quantitative estimate of drug-likeness (QED) is 0.874. The first-order valence-electron chi connectivity index (χ1n) is 5.88. The van der Waals surface area contributed by atoms with Crippen LogP contribution in [0.25, 0.3) is 0 Å². The van der Waals surface area contributed by atoms with E-state index in [4.69, 9.17) is 0 Å². The summed E-state index contributed by atoms with van der Waals surface area (Å²) >= 11 is 3.47. The van der Waals surface area contributed by atoms with Crippen LogP contribution in [-0.2, 0) is 10.3 Å². The van der Waals surface area contributed by atoms with Gasteiger partial charge in [0.25, 0.3) is 0 Å². The number of hydrogen-bond acceptors (Lipinski definition) is 2. The third-order valence-corrected chi connectivity index (χ3v) is 3.60. The molecule has 17 heavy (non-hydrogen) atoms. The van der Waals surface area contributed by atoms with E-state index >= 15 is 0 Å². The van der Waals surface area contributed by atoms with Crippen LogP contribution in [0.3, 0.4) is 0 Å². The zero-order valence-corrected chi connectivity index (χ0v) is 11.5. The number of rotatable bonds is 5. The van der Waals surface area contributed by atoms with E-state index in [2.05, 4.69) is 38.7 Å². The van der Waals surface area contributed by atoms with Crippen molar-refractivity contribution in [2.75, 3.05) is 13.6 Å². The molecule has 0 unspecified atom stereocenters. The molecule has 1 saturated carbocycles. The van der Waals surface area contributed by atoms with E-state index < -0.39 is 0 Å². The Bertz CT molecular complexity index is 416. The Morgan fingerprint density at radius 1 is 1.47 bits per heavy atom. The van der Waals surface area contributed by atoms with Gasteiger partial charge in [-0.15, -0.1) is 0 Å². The Labute approximate surface area is 110 Å². The lowest BCUT2D eigenvalue weighted by atomic mass is 10.0. The maximum Gasteiger partial charge on any atom is 0.221 e. The summed E-state index contributed by atoms with van der Waals surface area (Å²) in [6.07, 6.45) is 2.61. The molecular weight excluding hydrogens is 280 g/mol. The number of carbonyl (C=O) groups excluding carboxylic acids is 1. The van der Waals surface area contributed by atoms with Crippen LogP contribution in [0.4, 0.5) is 0 Å². The van der Waals surface area contributed by atoms with Gasteiger partial charge in [-0.25, -0.2) is 0 Å².